The highest BCUT2D eigenvalue weighted by atomic mass is 35.5. The number of ether oxygens (including phenoxy) is 2. The van der Waals surface area contributed by atoms with Crippen molar-refractivity contribution in [1.82, 2.24) is 19.9 Å². The molecule has 192 valence electrons. The van der Waals surface area contributed by atoms with Crippen LogP contribution in [0.25, 0.3) is 11.0 Å². The second-order valence-corrected chi connectivity index (χ2v) is 9.84. The molecule has 2 bridgehead atoms. The summed E-state index contributed by atoms with van der Waals surface area (Å²) >= 11 is 6.29. The van der Waals surface area contributed by atoms with Crippen LogP contribution >= 0.6 is 11.6 Å². The Morgan fingerprint density at radius 1 is 1.27 bits per heavy atom. The van der Waals surface area contributed by atoms with Gasteiger partial charge in [-0.25, -0.2) is 19.3 Å². The van der Waals surface area contributed by atoms with Crippen molar-refractivity contribution in [3.8, 4) is 5.75 Å². The van der Waals surface area contributed by atoms with Gasteiger partial charge >= 0.3 is 0 Å². The van der Waals surface area contributed by atoms with Crippen molar-refractivity contribution in [3.05, 3.63) is 54.1 Å². The molecule has 37 heavy (non-hydrogen) atoms. The predicted octanol–water partition coefficient (Wildman–Crippen LogP) is 4.09. The molecule has 0 aliphatic carbocycles. The van der Waals surface area contributed by atoms with Gasteiger partial charge in [0.1, 0.15) is 35.0 Å². The van der Waals surface area contributed by atoms with Gasteiger partial charge < -0.3 is 24.6 Å². The Morgan fingerprint density at radius 3 is 2.92 bits per heavy atom. The summed E-state index contributed by atoms with van der Waals surface area (Å²) in [5, 5.41) is 2.92. The Balaban J connectivity index is 1.23. The molecule has 1 amide bonds. The lowest BCUT2D eigenvalue weighted by atomic mass is 10.2. The third-order valence-corrected chi connectivity index (χ3v) is 7.56. The number of pyridine rings is 1. The van der Waals surface area contributed by atoms with Crippen molar-refractivity contribution in [3.63, 3.8) is 0 Å². The molecule has 1 N–H and O–H groups in total. The molecule has 0 unspecified atom stereocenters. The Morgan fingerprint density at radius 2 is 2.16 bits per heavy atom. The number of aromatic nitrogens is 3. The normalized spacial score (nSPS) is 22.6. The molecule has 2 aromatic heterocycles. The molecule has 9 nitrogen and oxygen atoms in total. The zero-order chi connectivity index (χ0) is 25.5. The molecule has 3 aliphatic rings. The maximum absolute atomic E-state index is 15.2. The van der Waals surface area contributed by atoms with E-state index in [-0.39, 0.29) is 40.6 Å². The minimum Gasteiger partial charge on any atom is -0.489 e. The van der Waals surface area contributed by atoms with Gasteiger partial charge in [0.2, 0.25) is 5.91 Å². The summed E-state index contributed by atoms with van der Waals surface area (Å²) in [5.74, 6) is 0.713. The SMILES string of the molecule is C=CC(=O)N1C[C@@H]2C[C@H]1CN2c1ccc2ncnc(Nc3ccc(OC[C@H]4CCCO4)c(Cl)c3F)c2n1. The number of amides is 1. The summed E-state index contributed by atoms with van der Waals surface area (Å²) < 4.78 is 26.4. The minimum absolute atomic E-state index is 0.000882. The average molecular weight is 525 g/mol. The van der Waals surface area contributed by atoms with E-state index in [4.69, 9.17) is 26.1 Å². The topological polar surface area (TPSA) is 92.7 Å². The second kappa shape index (κ2) is 9.75. The second-order valence-electron chi connectivity index (χ2n) is 9.46. The summed E-state index contributed by atoms with van der Waals surface area (Å²) in [7, 11) is 0. The van der Waals surface area contributed by atoms with E-state index in [1.54, 1.807) is 12.1 Å². The molecule has 3 fully saturated rings. The van der Waals surface area contributed by atoms with Crippen molar-refractivity contribution in [2.24, 2.45) is 0 Å². The molecule has 3 saturated heterocycles. The number of nitrogens with zero attached hydrogens (tertiary/aromatic N) is 5. The van der Waals surface area contributed by atoms with Gasteiger partial charge in [-0.15, -0.1) is 0 Å². The van der Waals surface area contributed by atoms with Crippen molar-refractivity contribution < 1.29 is 18.7 Å². The van der Waals surface area contributed by atoms with E-state index in [0.717, 1.165) is 25.1 Å². The number of likely N-dealkylation sites (tertiary alicyclic amines) is 1. The molecule has 11 heteroatoms. The van der Waals surface area contributed by atoms with Crippen LogP contribution in [0.4, 0.5) is 21.7 Å². The van der Waals surface area contributed by atoms with E-state index in [1.807, 2.05) is 17.0 Å². The molecule has 6 rings (SSSR count). The van der Waals surface area contributed by atoms with E-state index < -0.39 is 5.82 Å². The maximum atomic E-state index is 15.2. The summed E-state index contributed by atoms with van der Waals surface area (Å²) in [6.07, 6.45) is 5.57. The highest BCUT2D eigenvalue weighted by molar-refractivity contribution is 6.32. The van der Waals surface area contributed by atoms with Crippen LogP contribution in [0.2, 0.25) is 5.02 Å². The quantitative estimate of drug-likeness (QED) is 0.462. The fourth-order valence-corrected chi connectivity index (χ4v) is 5.56. The third kappa shape index (κ3) is 4.44. The van der Waals surface area contributed by atoms with Gasteiger partial charge in [-0.05, 0) is 49.6 Å². The Hall–Kier alpha value is -3.50. The van der Waals surface area contributed by atoms with Gasteiger partial charge in [0.25, 0.3) is 0 Å². The summed E-state index contributed by atoms with van der Waals surface area (Å²) in [6, 6.07) is 7.29. The molecule has 5 heterocycles. The Labute approximate surface area is 218 Å². The fraction of sp³-hybridized carbons (Fsp3) is 0.385. The maximum Gasteiger partial charge on any atom is 0.246 e. The fourth-order valence-electron chi connectivity index (χ4n) is 5.34. The van der Waals surface area contributed by atoms with E-state index in [2.05, 4.69) is 26.8 Å². The van der Waals surface area contributed by atoms with Crippen LogP contribution in [-0.2, 0) is 9.53 Å². The van der Waals surface area contributed by atoms with Gasteiger partial charge in [0.05, 0.1) is 29.4 Å². The Kier molecular flexibility index (Phi) is 6.29. The zero-order valence-electron chi connectivity index (χ0n) is 20.1. The molecular weight excluding hydrogens is 499 g/mol. The van der Waals surface area contributed by atoms with Crippen LogP contribution in [0.15, 0.2) is 43.2 Å². The number of halogens is 2. The van der Waals surface area contributed by atoms with Crippen LogP contribution in [0.1, 0.15) is 19.3 Å². The number of carbonyl (C=O) groups excluding carboxylic acids is 1. The van der Waals surface area contributed by atoms with Crippen LogP contribution in [0.3, 0.4) is 0 Å². The minimum atomic E-state index is -0.641. The number of benzene rings is 1. The highest BCUT2D eigenvalue weighted by Crippen LogP contribution is 2.37. The standard InChI is InChI=1S/C26H26ClFN6O3/c1-2-22(35)34-12-15-10-16(34)11-33(15)21-8-6-19-25(32-21)26(30-14-29-19)31-18-5-7-20(23(27)24(18)28)37-13-17-4-3-9-36-17/h2,5-8,14-17H,1,3-4,9-13H2,(H,29,30,31)/t15-,16-,17+/m0/s1. The number of anilines is 3. The first-order chi connectivity index (χ1) is 18.0. The molecule has 0 saturated carbocycles. The van der Waals surface area contributed by atoms with E-state index >= 15 is 4.39 Å². The lowest BCUT2D eigenvalue weighted by molar-refractivity contribution is -0.127. The van der Waals surface area contributed by atoms with Crippen LogP contribution < -0.4 is 15.0 Å². The number of hydrogen-bond donors (Lipinski definition) is 1. The lowest BCUT2D eigenvalue weighted by Gasteiger charge is -2.34. The smallest absolute Gasteiger partial charge is 0.246 e. The van der Waals surface area contributed by atoms with Crippen LogP contribution in [0, 0.1) is 5.82 Å². The first-order valence-electron chi connectivity index (χ1n) is 12.3. The predicted molar refractivity (Wildman–Crippen MR) is 138 cm³/mol. The summed E-state index contributed by atoms with van der Waals surface area (Å²) in [6.45, 7) is 5.97. The highest BCUT2D eigenvalue weighted by Gasteiger charge is 2.45. The van der Waals surface area contributed by atoms with Gasteiger partial charge in [-0.3, -0.25) is 4.79 Å². The molecule has 0 radical (unpaired) electrons. The number of fused-ring (bicyclic) bond motifs is 3. The Bertz CT molecular complexity index is 1370. The molecule has 1 aromatic carbocycles. The molecule has 3 aliphatic heterocycles. The van der Waals surface area contributed by atoms with Gasteiger partial charge in [-0.1, -0.05) is 18.2 Å². The van der Waals surface area contributed by atoms with Crippen molar-refractivity contribution >= 4 is 45.9 Å². The van der Waals surface area contributed by atoms with Crippen molar-refractivity contribution in [1.29, 1.82) is 0 Å². The zero-order valence-corrected chi connectivity index (χ0v) is 20.8. The van der Waals surface area contributed by atoms with E-state index in [0.29, 0.717) is 43.2 Å². The first-order valence-corrected chi connectivity index (χ1v) is 12.7. The molecule has 0 spiro atoms. The first kappa shape index (κ1) is 23.9. The molecular formula is C26H26ClFN6O3. The molecule has 3 atom stereocenters. The number of rotatable bonds is 7. The largest absolute Gasteiger partial charge is 0.489 e. The number of hydrogen-bond acceptors (Lipinski definition) is 8. The monoisotopic (exact) mass is 524 g/mol. The number of nitrogens with one attached hydrogen (secondary N) is 1. The summed E-state index contributed by atoms with van der Waals surface area (Å²) in [4.78, 5) is 29.6. The van der Waals surface area contributed by atoms with Gasteiger partial charge in [0.15, 0.2) is 11.6 Å². The molecule has 3 aromatic rings. The van der Waals surface area contributed by atoms with E-state index in [9.17, 15) is 4.79 Å². The lowest BCUT2D eigenvalue weighted by Crippen LogP contribution is -2.48. The third-order valence-electron chi connectivity index (χ3n) is 7.21. The van der Waals surface area contributed by atoms with Crippen molar-refractivity contribution in [2.75, 3.05) is 36.5 Å². The van der Waals surface area contributed by atoms with Gasteiger partial charge in [-0.2, -0.15) is 0 Å². The number of carbonyl (C=O) groups is 1. The van der Waals surface area contributed by atoms with E-state index in [1.165, 1.54) is 12.4 Å². The van der Waals surface area contributed by atoms with Gasteiger partial charge in [0, 0.05) is 19.7 Å². The van der Waals surface area contributed by atoms with Crippen LogP contribution in [0.5, 0.6) is 5.75 Å². The van der Waals surface area contributed by atoms with Crippen molar-refractivity contribution in [2.45, 2.75) is 37.5 Å². The van der Waals surface area contributed by atoms with Crippen LogP contribution in [-0.4, -0.2) is 70.2 Å². The average Bonchev–Trinajstić information content (AvgIpc) is 3.68. The summed E-state index contributed by atoms with van der Waals surface area (Å²) in [5.41, 5.74) is 1.29. The number of piperazine rings is 1.